The molecule has 0 aliphatic heterocycles. The summed E-state index contributed by atoms with van der Waals surface area (Å²) in [6.07, 6.45) is 0. The van der Waals surface area contributed by atoms with Crippen molar-refractivity contribution in [2.45, 2.75) is 13.8 Å². The van der Waals surface area contributed by atoms with Gasteiger partial charge in [-0.05, 0) is 42.8 Å². The van der Waals surface area contributed by atoms with Crippen molar-refractivity contribution in [3.8, 4) is 11.3 Å². The first-order valence-electron chi connectivity index (χ1n) is 7.93. The Kier molecular flexibility index (Phi) is 5.18. The summed E-state index contributed by atoms with van der Waals surface area (Å²) < 4.78 is 0.972. The smallest absolute Gasteiger partial charge is 0.273 e. The van der Waals surface area contributed by atoms with Gasteiger partial charge in [0.05, 0.1) is 17.1 Å². The van der Waals surface area contributed by atoms with Crippen molar-refractivity contribution < 1.29 is 9.59 Å². The number of aromatic amines is 1. The molecule has 3 rings (SSSR count). The monoisotopic (exact) mass is 412 g/mol. The molecule has 0 fully saturated rings. The van der Waals surface area contributed by atoms with Gasteiger partial charge < -0.3 is 10.6 Å². The highest BCUT2D eigenvalue weighted by molar-refractivity contribution is 9.10. The maximum absolute atomic E-state index is 12.6. The van der Waals surface area contributed by atoms with Crippen molar-refractivity contribution in [2.75, 3.05) is 10.6 Å². The maximum atomic E-state index is 12.6. The van der Waals surface area contributed by atoms with Crippen molar-refractivity contribution in [2.24, 2.45) is 0 Å². The highest BCUT2D eigenvalue weighted by Crippen LogP contribution is 2.25. The summed E-state index contributed by atoms with van der Waals surface area (Å²) in [7, 11) is 0. The molecule has 1 heterocycles. The fourth-order valence-corrected chi connectivity index (χ4v) is 2.72. The second-order valence-electron chi connectivity index (χ2n) is 5.86. The van der Waals surface area contributed by atoms with Gasteiger partial charge in [-0.25, -0.2) is 0 Å². The number of amides is 2. The molecule has 26 heavy (non-hydrogen) atoms. The van der Waals surface area contributed by atoms with Gasteiger partial charge in [0.2, 0.25) is 5.91 Å². The van der Waals surface area contributed by atoms with E-state index in [2.05, 4.69) is 36.8 Å². The molecule has 2 amide bonds. The van der Waals surface area contributed by atoms with Crippen molar-refractivity contribution in [3.63, 3.8) is 0 Å². The van der Waals surface area contributed by atoms with Gasteiger partial charge >= 0.3 is 0 Å². The van der Waals surface area contributed by atoms with E-state index >= 15 is 0 Å². The third kappa shape index (κ3) is 4.18. The molecule has 0 saturated heterocycles. The van der Waals surface area contributed by atoms with E-state index in [4.69, 9.17) is 0 Å². The summed E-state index contributed by atoms with van der Waals surface area (Å²) in [4.78, 5) is 23.9. The number of rotatable bonds is 4. The van der Waals surface area contributed by atoms with E-state index in [-0.39, 0.29) is 11.8 Å². The lowest BCUT2D eigenvalue weighted by Gasteiger charge is -2.11. The minimum atomic E-state index is -0.335. The lowest BCUT2D eigenvalue weighted by atomic mass is 10.1. The number of H-pyrrole nitrogens is 1. The Morgan fingerprint density at radius 2 is 1.73 bits per heavy atom. The van der Waals surface area contributed by atoms with Crippen LogP contribution in [0.1, 0.15) is 23.0 Å². The van der Waals surface area contributed by atoms with E-state index in [0.717, 1.165) is 15.6 Å². The van der Waals surface area contributed by atoms with Crippen molar-refractivity contribution in [1.82, 2.24) is 10.2 Å². The summed E-state index contributed by atoms with van der Waals surface area (Å²) in [6, 6.07) is 14.8. The molecule has 0 atom stereocenters. The number of hydrogen-bond acceptors (Lipinski definition) is 3. The minimum Gasteiger partial charge on any atom is -0.325 e. The highest BCUT2D eigenvalue weighted by atomic mass is 79.9. The Balaban J connectivity index is 1.82. The number of halogens is 1. The number of benzene rings is 2. The first kappa shape index (κ1) is 17.9. The van der Waals surface area contributed by atoms with Gasteiger partial charge in [0, 0.05) is 17.0 Å². The Hall–Kier alpha value is -2.93. The van der Waals surface area contributed by atoms with Crippen LogP contribution in [-0.2, 0) is 4.79 Å². The SMILES string of the molecule is CC(=O)Nc1ccc(C)cc1NC(=O)c1cc(-c2ccc(Br)cc2)n[nH]1. The van der Waals surface area contributed by atoms with Crippen LogP contribution in [-0.4, -0.2) is 22.0 Å². The van der Waals surface area contributed by atoms with Gasteiger partial charge in [0.1, 0.15) is 5.69 Å². The van der Waals surface area contributed by atoms with Crippen LogP contribution in [0.5, 0.6) is 0 Å². The molecule has 2 aromatic carbocycles. The predicted molar refractivity (Wildman–Crippen MR) is 105 cm³/mol. The highest BCUT2D eigenvalue weighted by Gasteiger charge is 2.14. The molecule has 7 heteroatoms. The van der Waals surface area contributed by atoms with Gasteiger partial charge in [-0.3, -0.25) is 14.7 Å². The van der Waals surface area contributed by atoms with Crippen molar-refractivity contribution in [3.05, 3.63) is 64.3 Å². The van der Waals surface area contributed by atoms with E-state index < -0.39 is 0 Å². The van der Waals surface area contributed by atoms with Crippen molar-refractivity contribution in [1.29, 1.82) is 0 Å². The lowest BCUT2D eigenvalue weighted by Crippen LogP contribution is -2.15. The Morgan fingerprint density at radius 1 is 1.00 bits per heavy atom. The number of carbonyl (C=O) groups is 2. The Bertz CT molecular complexity index is 964. The number of anilines is 2. The quantitative estimate of drug-likeness (QED) is 0.594. The van der Waals surface area contributed by atoms with Gasteiger partial charge in [-0.15, -0.1) is 0 Å². The molecule has 0 unspecified atom stereocenters. The second kappa shape index (κ2) is 7.53. The molecule has 6 nitrogen and oxygen atoms in total. The topological polar surface area (TPSA) is 86.9 Å². The number of carbonyl (C=O) groups excluding carboxylic acids is 2. The molecule has 1 aromatic heterocycles. The molecule has 0 bridgehead atoms. The Labute approximate surface area is 159 Å². The number of aryl methyl sites for hydroxylation is 1. The second-order valence-corrected chi connectivity index (χ2v) is 6.77. The maximum Gasteiger partial charge on any atom is 0.273 e. The van der Waals surface area contributed by atoms with Gasteiger partial charge in [-0.1, -0.05) is 34.1 Å². The van der Waals surface area contributed by atoms with E-state index in [1.165, 1.54) is 6.92 Å². The lowest BCUT2D eigenvalue weighted by molar-refractivity contribution is -0.114. The Morgan fingerprint density at radius 3 is 2.42 bits per heavy atom. The van der Waals surface area contributed by atoms with Crippen LogP contribution < -0.4 is 10.6 Å². The van der Waals surface area contributed by atoms with Gasteiger partial charge in [-0.2, -0.15) is 5.10 Å². The molecule has 0 aliphatic rings. The summed E-state index contributed by atoms with van der Waals surface area (Å²) >= 11 is 3.39. The average molecular weight is 413 g/mol. The van der Waals surface area contributed by atoms with E-state index in [1.54, 1.807) is 18.2 Å². The normalized spacial score (nSPS) is 10.4. The average Bonchev–Trinajstić information content (AvgIpc) is 3.08. The minimum absolute atomic E-state index is 0.205. The van der Waals surface area contributed by atoms with E-state index in [9.17, 15) is 9.59 Å². The zero-order chi connectivity index (χ0) is 18.7. The zero-order valence-corrected chi connectivity index (χ0v) is 15.8. The largest absolute Gasteiger partial charge is 0.325 e. The van der Waals surface area contributed by atoms with E-state index in [0.29, 0.717) is 22.8 Å². The molecular weight excluding hydrogens is 396 g/mol. The van der Waals surface area contributed by atoms with Gasteiger partial charge in [0.25, 0.3) is 5.91 Å². The zero-order valence-electron chi connectivity index (χ0n) is 14.3. The van der Waals surface area contributed by atoms with Crippen LogP contribution in [0.2, 0.25) is 0 Å². The van der Waals surface area contributed by atoms with Crippen LogP contribution in [0.15, 0.2) is 53.0 Å². The molecule has 0 spiro atoms. The fraction of sp³-hybridized carbons (Fsp3) is 0.105. The summed E-state index contributed by atoms with van der Waals surface area (Å²) in [5, 5.41) is 12.5. The number of hydrogen-bond donors (Lipinski definition) is 3. The molecule has 0 radical (unpaired) electrons. The van der Waals surface area contributed by atoms with Gasteiger partial charge in [0.15, 0.2) is 0 Å². The van der Waals surface area contributed by atoms with Crippen LogP contribution >= 0.6 is 15.9 Å². The van der Waals surface area contributed by atoms with Crippen LogP contribution in [0.25, 0.3) is 11.3 Å². The molecular formula is C19H17BrN4O2. The molecule has 132 valence electrons. The molecule has 3 aromatic rings. The number of aromatic nitrogens is 2. The fourth-order valence-electron chi connectivity index (χ4n) is 2.46. The summed E-state index contributed by atoms with van der Waals surface area (Å²) in [5.74, 6) is -0.540. The molecule has 3 N–H and O–H groups in total. The van der Waals surface area contributed by atoms with Crippen LogP contribution in [0, 0.1) is 6.92 Å². The van der Waals surface area contributed by atoms with Crippen molar-refractivity contribution >= 4 is 39.1 Å². The first-order valence-corrected chi connectivity index (χ1v) is 8.72. The number of nitrogens with one attached hydrogen (secondary N) is 3. The summed E-state index contributed by atoms with van der Waals surface area (Å²) in [6.45, 7) is 3.33. The van der Waals surface area contributed by atoms with Crippen LogP contribution in [0.4, 0.5) is 11.4 Å². The number of nitrogens with zero attached hydrogens (tertiary/aromatic N) is 1. The molecule has 0 aliphatic carbocycles. The third-order valence-corrected chi connectivity index (χ3v) is 4.23. The standard InChI is InChI=1S/C19H17BrN4O2/c1-11-3-8-15(21-12(2)25)17(9-11)22-19(26)18-10-16(23-24-18)13-4-6-14(20)7-5-13/h3-10H,1-2H3,(H,21,25)(H,22,26)(H,23,24). The first-order chi connectivity index (χ1) is 12.4. The predicted octanol–water partition coefficient (Wildman–Crippen LogP) is 4.36. The third-order valence-electron chi connectivity index (χ3n) is 3.70. The molecule has 0 saturated carbocycles. The van der Waals surface area contributed by atoms with E-state index in [1.807, 2.05) is 37.3 Å². The van der Waals surface area contributed by atoms with Crippen LogP contribution in [0.3, 0.4) is 0 Å². The summed E-state index contributed by atoms with van der Waals surface area (Å²) in [5.41, 5.74) is 3.95.